The highest BCUT2D eigenvalue weighted by atomic mass is 16.5. The highest BCUT2D eigenvalue weighted by Gasteiger charge is 2.23. The van der Waals surface area contributed by atoms with E-state index in [0.29, 0.717) is 13.1 Å². The molecule has 0 fully saturated rings. The predicted octanol–water partition coefficient (Wildman–Crippen LogP) is 5.41. The molecule has 1 heterocycles. The molecule has 0 aliphatic heterocycles. The second kappa shape index (κ2) is 11.1. The van der Waals surface area contributed by atoms with E-state index in [4.69, 9.17) is 4.74 Å². The molecule has 0 saturated carbocycles. The van der Waals surface area contributed by atoms with Gasteiger partial charge in [-0.3, -0.25) is 9.78 Å². The fourth-order valence-corrected chi connectivity index (χ4v) is 3.76. The summed E-state index contributed by atoms with van der Waals surface area (Å²) in [7, 11) is 0. The van der Waals surface area contributed by atoms with E-state index in [1.54, 1.807) is 24.1 Å². The molecule has 1 atom stereocenters. The van der Waals surface area contributed by atoms with Gasteiger partial charge in [0.1, 0.15) is 0 Å². The first-order chi connectivity index (χ1) is 16.6. The van der Waals surface area contributed by atoms with Crippen molar-refractivity contribution in [2.24, 2.45) is 0 Å². The molecule has 5 nitrogen and oxygen atoms in total. The number of hydrogen-bond donors (Lipinski definition) is 0. The summed E-state index contributed by atoms with van der Waals surface area (Å²) in [5.41, 5.74) is 3.63. The van der Waals surface area contributed by atoms with Crippen LogP contribution in [-0.4, -0.2) is 27.9 Å². The van der Waals surface area contributed by atoms with Crippen LogP contribution in [0.3, 0.4) is 0 Å². The van der Waals surface area contributed by atoms with Crippen molar-refractivity contribution in [1.82, 2.24) is 9.88 Å². The molecule has 5 heteroatoms. The lowest BCUT2D eigenvalue weighted by Crippen LogP contribution is -2.39. The molecule has 0 aliphatic rings. The van der Waals surface area contributed by atoms with Gasteiger partial charge in [0.25, 0.3) is 5.91 Å². The smallest absolute Gasteiger partial charge is 0.331 e. The number of nitrogens with zero attached hydrogens (tertiary/aromatic N) is 2. The first-order valence-corrected chi connectivity index (χ1v) is 11.2. The molecule has 0 radical (unpaired) electrons. The normalized spacial score (nSPS) is 11.9. The Morgan fingerprint density at radius 1 is 0.853 bits per heavy atom. The van der Waals surface area contributed by atoms with Gasteiger partial charge in [-0.1, -0.05) is 84.9 Å². The quantitative estimate of drug-likeness (QED) is 0.266. The van der Waals surface area contributed by atoms with Crippen LogP contribution in [0.15, 0.2) is 103 Å². The van der Waals surface area contributed by atoms with Crippen molar-refractivity contribution in [1.29, 1.82) is 0 Å². The molecule has 0 saturated heterocycles. The number of fused-ring (bicyclic) bond motifs is 1. The lowest BCUT2D eigenvalue weighted by atomic mass is 10.1. The van der Waals surface area contributed by atoms with Crippen LogP contribution >= 0.6 is 0 Å². The van der Waals surface area contributed by atoms with Crippen LogP contribution in [0, 0.1) is 0 Å². The molecule has 0 aliphatic carbocycles. The number of para-hydroxylation sites is 1. The Bertz CT molecular complexity index is 1240. The highest BCUT2D eigenvalue weighted by molar-refractivity contribution is 5.94. The van der Waals surface area contributed by atoms with E-state index in [2.05, 4.69) is 4.98 Å². The Morgan fingerprint density at radius 3 is 2.12 bits per heavy atom. The lowest BCUT2D eigenvalue weighted by Gasteiger charge is -2.26. The number of amides is 1. The molecule has 170 valence electrons. The number of pyridine rings is 1. The second-order valence-electron chi connectivity index (χ2n) is 8.00. The Morgan fingerprint density at radius 2 is 1.47 bits per heavy atom. The van der Waals surface area contributed by atoms with Gasteiger partial charge in [0.15, 0.2) is 6.10 Å². The van der Waals surface area contributed by atoms with Crippen molar-refractivity contribution in [3.05, 3.63) is 120 Å². The van der Waals surface area contributed by atoms with Gasteiger partial charge in [0.2, 0.25) is 0 Å². The monoisotopic (exact) mass is 450 g/mol. The van der Waals surface area contributed by atoms with Crippen molar-refractivity contribution in [2.75, 3.05) is 0 Å². The average Bonchev–Trinajstić information content (AvgIpc) is 2.88. The zero-order valence-electron chi connectivity index (χ0n) is 19.0. The maximum Gasteiger partial charge on any atom is 0.331 e. The molecule has 1 unspecified atom stereocenters. The van der Waals surface area contributed by atoms with Crippen LogP contribution in [0.2, 0.25) is 0 Å². The maximum absolute atomic E-state index is 13.3. The fourth-order valence-electron chi connectivity index (χ4n) is 3.76. The number of hydrogen-bond acceptors (Lipinski definition) is 4. The standard InChI is InChI=1S/C29H26N2O3/c1-22(34-27(32)18-17-26-15-8-14-25-16-9-19-30-28(25)26)29(33)31(20-23-10-4-2-5-11-23)21-24-12-6-3-7-13-24/h2-19,22H,20-21H2,1H3. The number of esters is 1. The number of ether oxygens (including phenoxy) is 1. The van der Waals surface area contributed by atoms with Crippen molar-refractivity contribution in [3.63, 3.8) is 0 Å². The summed E-state index contributed by atoms with van der Waals surface area (Å²) < 4.78 is 5.46. The topological polar surface area (TPSA) is 59.5 Å². The summed E-state index contributed by atoms with van der Waals surface area (Å²) in [6.45, 7) is 2.46. The predicted molar refractivity (Wildman–Crippen MR) is 133 cm³/mol. The van der Waals surface area contributed by atoms with Gasteiger partial charge in [0, 0.05) is 36.3 Å². The van der Waals surface area contributed by atoms with Gasteiger partial charge in [0.05, 0.1) is 5.52 Å². The molecular weight excluding hydrogens is 424 g/mol. The first kappa shape index (κ1) is 22.9. The molecule has 0 bridgehead atoms. The Kier molecular flexibility index (Phi) is 7.45. The molecule has 4 aromatic rings. The van der Waals surface area contributed by atoms with Crippen LogP contribution in [0.1, 0.15) is 23.6 Å². The fraction of sp³-hybridized carbons (Fsp3) is 0.138. The molecule has 1 aromatic heterocycles. The van der Waals surface area contributed by atoms with E-state index in [-0.39, 0.29) is 5.91 Å². The summed E-state index contributed by atoms with van der Waals surface area (Å²) in [5.74, 6) is -0.825. The summed E-state index contributed by atoms with van der Waals surface area (Å²) in [5, 5.41) is 0.985. The molecule has 0 N–H and O–H groups in total. The van der Waals surface area contributed by atoms with E-state index in [1.807, 2.05) is 91.0 Å². The lowest BCUT2D eigenvalue weighted by molar-refractivity contribution is -0.156. The number of aromatic nitrogens is 1. The van der Waals surface area contributed by atoms with Gasteiger partial charge in [-0.05, 0) is 30.2 Å². The van der Waals surface area contributed by atoms with E-state index in [9.17, 15) is 9.59 Å². The molecule has 1 amide bonds. The minimum atomic E-state index is -0.921. The van der Waals surface area contributed by atoms with Crippen LogP contribution < -0.4 is 0 Å². The first-order valence-electron chi connectivity index (χ1n) is 11.2. The summed E-state index contributed by atoms with van der Waals surface area (Å²) >= 11 is 0. The number of rotatable bonds is 8. The SMILES string of the molecule is CC(OC(=O)C=Cc1cccc2cccnc12)C(=O)N(Cc1ccccc1)Cc1ccccc1. The highest BCUT2D eigenvalue weighted by Crippen LogP contribution is 2.17. The van der Waals surface area contributed by atoms with E-state index >= 15 is 0 Å². The third-order valence-electron chi connectivity index (χ3n) is 5.45. The molecule has 0 spiro atoms. The second-order valence-corrected chi connectivity index (χ2v) is 8.00. The number of carbonyl (C=O) groups excluding carboxylic acids is 2. The van der Waals surface area contributed by atoms with Crippen molar-refractivity contribution in [2.45, 2.75) is 26.1 Å². The van der Waals surface area contributed by atoms with Crippen LogP contribution in [-0.2, 0) is 27.4 Å². The van der Waals surface area contributed by atoms with Crippen LogP contribution in [0.4, 0.5) is 0 Å². The molecule has 34 heavy (non-hydrogen) atoms. The third kappa shape index (κ3) is 5.95. The zero-order valence-corrected chi connectivity index (χ0v) is 19.0. The van der Waals surface area contributed by atoms with Gasteiger partial charge in [-0.2, -0.15) is 0 Å². The average molecular weight is 451 g/mol. The summed E-state index contributed by atoms with van der Waals surface area (Å²) in [4.78, 5) is 31.9. The van der Waals surface area contributed by atoms with Gasteiger partial charge in [-0.25, -0.2) is 4.79 Å². The molecular formula is C29H26N2O3. The minimum Gasteiger partial charge on any atom is -0.449 e. The Hall–Kier alpha value is -4.25. The molecule has 3 aromatic carbocycles. The maximum atomic E-state index is 13.3. The van der Waals surface area contributed by atoms with Crippen molar-refractivity contribution >= 4 is 28.9 Å². The number of carbonyl (C=O) groups is 2. The van der Waals surface area contributed by atoms with Crippen LogP contribution in [0.25, 0.3) is 17.0 Å². The third-order valence-corrected chi connectivity index (χ3v) is 5.45. The van der Waals surface area contributed by atoms with E-state index < -0.39 is 12.1 Å². The van der Waals surface area contributed by atoms with E-state index in [0.717, 1.165) is 27.6 Å². The van der Waals surface area contributed by atoms with Gasteiger partial charge < -0.3 is 9.64 Å². The minimum absolute atomic E-state index is 0.249. The zero-order chi connectivity index (χ0) is 23.8. The van der Waals surface area contributed by atoms with Crippen LogP contribution in [0.5, 0.6) is 0 Å². The summed E-state index contributed by atoms with van der Waals surface area (Å²) in [6, 6.07) is 29.1. The Labute approximate surface area is 199 Å². The summed E-state index contributed by atoms with van der Waals surface area (Å²) in [6.07, 6.45) is 3.80. The Balaban J connectivity index is 1.45. The van der Waals surface area contributed by atoms with Gasteiger partial charge in [-0.15, -0.1) is 0 Å². The molecule has 4 rings (SSSR count). The number of benzene rings is 3. The van der Waals surface area contributed by atoms with Gasteiger partial charge >= 0.3 is 5.97 Å². The van der Waals surface area contributed by atoms with Crippen molar-refractivity contribution < 1.29 is 14.3 Å². The van der Waals surface area contributed by atoms with E-state index in [1.165, 1.54) is 6.08 Å². The van der Waals surface area contributed by atoms with Crippen molar-refractivity contribution in [3.8, 4) is 0 Å². The largest absolute Gasteiger partial charge is 0.449 e.